The van der Waals surface area contributed by atoms with Crippen LogP contribution < -0.4 is 15.2 Å². The van der Waals surface area contributed by atoms with E-state index >= 15 is 0 Å². The zero-order valence-electron chi connectivity index (χ0n) is 8.10. The molecular formula is C9H10N2O4. The standard InChI is InChI=1S/C9H10N2O4/c1-5(10)6-2-8-9(15-4-14-8)3-7(6)11(12)13/h2-3,5H,4,10H2,1H3/t5-/m0/s1. The first-order valence-electron chi connectivity index (χ1n) is 4.43. The van der Waals surface area contributed by atoms with Gasteiger partial charge in [-0.3, -0.25) is 10.1 Å². The van der Waals surface area contributed by atoms with Crippen LogP contribution in [0.4, 0.5) is 5.69 Å². The van der Waals surface area contributed by atoms with E-state index in [4.69, 9.17) is 15.2 Å². The van der Waals surface area contributed by atoms with Crippen LogP contribution in [-0.2, 0) is 0 Å². The van der Waals surface area contributed by atoms with E-state index in [9.17, 15) is 10.1 Å². The lowest BCUT2D eigenvalue weighted by Gasteiger charge is -2.07. The summed E-state index contributed by atoms with van der Waals surface area (Å²) >= 11 is 0. The fourth-order valence-corrected chi connectivity index (χ4v) is 1.47. The van der Waals surface area contributed by atoms with Gasteiger partial charge >= 0.3 is 0 Å². The molecule has 2 rings (SSSR count). The molecule has 0 bridgehead atoms. The van der Waals surface area contributed by atoms with E-state index in [1.165, 1.54) is 6.07 Å². The molecule has 1 aromatic rings. The molecule has 1 aliphatic rings. The number of nitrogens with two attached hydrogens (primary N) is 1. The Kier molecular flexibility index (Phi) is 2.20. The van der Waals surface area contributed by atoms with E-state index < -0.39 is 11.0 Å². The van der Waals surface area contributed by atoms with E-state index in [-0.39, 0.29) is 12.5 Å². The van der Waals surface area contributed by atoms with Crippen LogP contribution in [0.15, 0.2) is 12.1 Å². The molecule has 0 aromatic heterocycles. The molecular weight excluding hydrogens is 200 g/mol. The smallest absolute Gasteiger partial charge is 0.278 e. The maximum absolute atomic E-state index is 10.8. The lowest BCUT2D eigenvalue weighted by Crippen LogP contribution is -2.08. The van der Waals surface area contributed by atoms with Gasteiger partial charge in [0.15, 0.2) is 11.5 Å². The monoisotopic (exact) mass is 210 g/mol. The highest BCUT2D eigenvalue weighted by molar-refractivity contribution is 5.56. The summed E-state index contributed by atoms with van der Waals surface area (Å²) in [5, 5.41) is 10.8. The Bertz CT molecular complexity index is 417. The second-order valence-corrected chi connectivity index (χ2v) is 3.31. The van der Waals surface area contributed by atoms with Crippen LogP contribution in [-0.4, -0.2) is 11.7 Å². The number of fused-ring (bicyclic) bond motifs is 1. The number of nitro benzene ring substituents is 1. The minimum Gasteiger partial charge on any atom is -0.454 e. The van der Waals surface area contributed by atoms with E-state index in [2.05, 4.69) is 0 Å². The van der Waals surface area contributed by atoms with Crippen molar-refractivity contribution in [3.8, 4) is 11.5 Å². The SMILES string of the molecule is C[C@H](N)c1cc2c(cc1[N+](=O)[O-])OCO2. The van der Waals surface area contributed by atoms with E-state index in [1.54, 1.807) is 13.0 Å². The first-order chi connectivity index (χ1) is 7.09. The molecule has 6 nitrogen and oxygen atoms in total. The lowest BCUT2D eigenvalue weighted by molar-refractivity contribution is -0.385. The zero-order chi connectivity index (χ0) is 11.0. The molecule has 0 fully saturated rings. The van der Waals surface area contributed by atoms with Gasteiger partial charge in [-0.2, -0.15) is 0 Å². The second kappa shape index (κ2) is 3.39. The lowest BCUT2D eigenvalue weighted by atomic mass is 10.1. The highest BCUT2D eigenvalue weighted by Crippen LogP contribution is 2.39. The summed E-state index contributed by atoms with van der Waals surface area (Å²) in [7, 11) is 0. The van der Waals surface area contributed by atoms with Crippen molar-refractivity contribution in [2.45, 2.75) is 13.0 Å². The number of hydrogen-bond donors (Lipinski definition) is 1. The van der Waals surface area contributed by atoms with Gasteiger partial charge in [0, 0.05) is 6.04 Å². The van der Waals surface area contributed by atoms with Crippen molar-refractivity contribution in [1.29, 1.82) is 0 Å². The molecule has 0 saturated heterocycles. The summed E-state index contributed by atoms with van der Waals surface area (Å²) in [5.41, 5.74) is 6.06. The molecule has 0 radical (unpaired) electrons. The van der Waals surface area contributed by atoms with Gasteiger partial charge in [-0.25, -0.2) is 0 Å². The largest absolute Gasteiger partial charge is 0.454 e. The van der Waals surface area contributed by atoms with Crippen molar-refractivity contribution < 1.29 is 14.4 Å². The first-order valence-corrected chi connectivity index (χ1v) is 4.43. The van der Waals surface area contributed by atoms with Gasteiger partial charge in [0.2, 0.25) is 6.79 Å². The van der Waals surface area contributed by atoms with Crippen LogP contribution in [0, 0.1) is 10.1 Å². The number of nitrogens with zero attached hydrogens (tertiary/aromatic N) is 1. The van der Waals surface area contributed by atoms with Gasteiger partial charge in [0.25, 0.3) is 5.69 Å². The third-order valence-electron chi connectivity index (χ3n) is 2.21. The van der Waals surface area contributed by atoms with Crippen LogP contribution in [0.25, 0.3) is 0 Å². The fourth-order valence-electron chi connectivity index (χ4n) is 1.47. The Hall–Kier alpha value is -1.82. The maximum atomic E-state index is 10.8. The molecule has 6 heteroatoms. The van der Waals surface area contributed by atoms with Gasteiger partial charge in [0.1, 0.15) is 0 Å². The average molecular weight is 210 g/mol. The Labute approximate surface area is 85.7 Å². The molecule has 1 aromatic carbocycles. The summed E-state index contributed by atoms with van der Waals surface area (Å²) in [6.45, 7) is 1.78. The molecule has 0 aliphatic carbocycles. The molecule has 0 unspecified atom stereocenters. The van der Waals surface area contributed by atoms with E-state index in [0.29, 0.717) is 17.1 Å². The number of hydrogen-bond acceptors (Lipinski definition) is 5. The number of benzene rings is 1. The van der Waals surface area contributed by atoms with Gasteiger partial charge < -0.3 is 15.2 Å². The quantitative estimate of drug-likeness (QED) is 0.587. The first kappa shape index (κ1) is 9.72. The van der Waals surface area contributed by atoms with Crippen molar-refractivity contribution in [2.24, 2.45) is 5.73 Å². The highest BCUT2D eigenvalue weighted by Gasteiger charge is 2.24. The van der Waals surface area contributed by atoms with Crippen molar-refractivity contribution in [2.75, 3.05) is 6.79 Å². The van der Waals surface area contributed by atoms with E-state index in [0.717, 1.165) is 0 Å². The predicted molar refractivity (Wildman–Crippen MR) is 51.8 cm³/mol. The third-order valence-corrected chi connectivity index (χ3v) is 2.21. The van der Waals surface area contributed by atoms with Crippen molar-refractivity contribution in [1.82, 2.24) is 0 Å². The summed E-state index contributed by atoms with van der Waals surface area (Å²) in [4.78, 5) is 10.3. The Balaban J connectivity index is 2.57. The van der Waals surface area contributed by atoms with Gasteiger partial charge in [-0.15, -0.1) is 0 Å². The molecule has 2 N–H and O–H groups in total. The number of rotatable bonds is 2. The summed E-state index contributed by atoms with van der Waals surface area (Å²) in [6.07, 6.45) is 0. The van der Waals surface area contributed by atoms with Crippen molar-refractivity contribution in [3.63, 3.8) is 0 Å². The summed E-state index contributed by atoms with van der Waals surface area (Å²) in [6, 6.07) is 2.49. The minimum atomic E-state index is -0.472. The topological polar surface area (TPSA) is 87.6 Å². The molecule has 80 valence electrons. The van der Waals surface area contributed by atoms with Gasteiger partial charge in [0.05, 0.1) is 16.6 Å². The van der Waals surface area contributed by atoms with Crippen LogP contribution in [0.2, 0.25) is 0 Å². The van der Waals surface area contributed by atoms with E-state index in [1.807, 2.05) is 0 Å². The molecule has 1 atom stereocenters. The predicted octanol–water partition coefficient (Wildman–Crippen LogP) is 1.34. The molecule has 0 spiro atoms. The Morgan fingerprint density at radius 1 is 1.47 bits per heavy atom. The molecule has 1 aliphatic heterocycles. The van der Waals surface area contributed by atoms with Crippen LogP contribution in [0.1, 0.15) is 18.5 Å². The van der Waals surface area contributed by atoms with Crippen LogP contribution in [0.5, 0.6) is 11.5 Å². The average Bonchev–Trinajstić information content (AvgIpc) is 2.61. The van der Waals surface area contributed by atoms with Crippen LogP contribution in [0.3, 0.4) is 0 Å². The minimum absolute atomic E-state index is 0.0331. The van der Waals surface area contributed by atoms with Gasteiger partial charge in [-0.05, 0) is 13.0 Å². The van der Waals surface area contributed by atoms with Gasteiger partial charge in [-0.1, -0.05) is 0 Å². The number of nitro groups is 1. The Morgan fingerprint density at radius 2 is 2.07 bits per heavy atom. The summed E-state index contributed by atoms with van der Waals surface area (Å²) in [5.74, 6) is 0.902. The highest BCUT2D eigenvalue weighted by atomic mass is 16.7. The van der Waals surface area contributed by atoms with Crippen molar-refractivity contribution in [3.05, 3.63) is 27.8 Å². The molecule has 0 saturated carbocycles. The maximum Gasteiger partial charge on any atom is 0.278 e. The fraction of sp³-hybridized carbons (Fsp3) is 0.333. The zero-order valence-corrected chi connectivity index (χ0v) is 8.10. The normalized spacial score (nSPS) is 15.1. The van der Waals surface area contributed by atoms with Crippen molar-refractivity contribution >= 4 is 5.69 Å². The third kappa shape index (κ3) is 1.59. The number of ether oxygens (including phenoxy) is 2. The molecule has 15 heavy (non-hydrogen) atoms. The molecule has 0 amide bonds. The molecule has 1 heterocycles. The van der Waals surface area contributed by atoms with Crippen LogP contribution >= 0.6 is 0 Å². The second-order valence-electron chi connectivity index (χ2n) is 3.31. The Morgan fingerprint density at radius 3 is 2.60 bits per heavy atom. The summed E-state index contributed by atoms with van der Waals surface area (Å²) < 4.78 is 10.2.